The Hall–Kier alpha value is -3.42. The number of aromatic nitrogens is 2. The summed E-state index contributed by atoms with van der Waals surface area (Å²) in [6, 6.07) is 19.0. The lowest BCUT2D eigenvalue weighted by molar-refractivity contribution is -0.117. The summed E-state index contributed by atoms with van der Waals surface area (Å²) >= 11 is 6.08. The molecule has 5 rings (SSSR count). The van der Waals surface area contributed by atoms with E-state index < -0.39 is 6.10 Å². The third-order valence-corrected chi connectivity index (χ3v) is 6.70. The molecule has 3 aromatic carbocycles. The van der Waals surface area contributed by atoms with Crippen LogP contribution >= 0.6 is 11.6 Å². The van der Waals surface area contributed by atoms with Gasteiger partial charge in [0.2, 0.25) is 5.91 Å². The highest BCUT2D eigenvalue weighted by Crippen LogP contribution is 2.33. The largest absolute Gasteiger partial charge is 0.491 e. The number of halogens is 2. The third kappa shape index (κ3) is 4.88. The number of ether oxygens (including phenoxy) is 1. The molecule has 1 fully saturated rings. The number of fused-ring (bicyclic) bond motifs is 1. The molecule has 0 bridgehead atoms. The van der Waals surface area contributed by atoms with Crippen LogP contribution in [0.15, 0.2) is 66.7 Å². The van der Waals surface area contributed by atoms with Crippen LogP contribution in [0.25, 0.3) is 11.0 Å². The monoisotopic (exact) mass is 493 g/mol. The zero-order valence-electron chi connectivity index (χ0n) is 19.2. The van der Waals surface area contributed by atoms with Crippen LogP contribution < -0.4 is 9.64 Å². The van der Waals surface area contributed by atoms with Crippen LogP contribution in [0.2, 0.25) is 5.02 Å². The number of rotatable bonds is 7. The highest BCUT2D eigenvalue weighted by Gasteiger charge is 2.35. The van der Waals surface area contributed by atoms with Crippen LogP contribution in [-0.2, 0) is 11.3 Å². The smallest absolute Gasteiger partial charge is 0.227 e. The van der Waals surface area contributed by atoms with Gasteiger partial charge in [-0.15, -0.1) is 0 Å². The van der Waals surface area contributed by atoms with E-state index in [2.05, 4.69) is 0 Å². The second-order valence-electron chi connectivity index (χ2n) is 8.83. The van der Waals surface area contributed by atoms with E-state index >= 15 is 0 Å². The van der Waals surface area contributed by atoms with Crippen LogP contribution in [0.5, 0.6) is 5.75 Å². The van der Waals surface area contributed by atoms with E-state index in [1.807, 2.05) is 41.8 Å². The van der Waals surface area contributed by atoms with E-state index in [-0.39, 0.29) is 37.2 Å². The van der Waals surface area contributed by atoms with E-state index in [9.17, 15) is 14.3 Å². The molecule has 1 aromatic heterocycles. The molecule has 4 aromatic rings. The molecule has 180 valence electrons. The summed E-state index contributed by atoms with van der Waals surface area (Å²) < 4.78 is 21.1. The fraction of sp³-hybridized carbons (Fsp3) is 0.259. The zero-order chi connectivity index (χ0) is 24.5. The average Bonchev–Trinajstić information content (AvgIpc) is 3.41. The van der Waals surface area contributed by atoms with Crippen molar-refractivity contribution in [3.63, 3.8) is 0 Å². The second kappa shape index (κ2) is 9.68. The van der Waals surface area contributed by atoms with Crippen molar-refractivity contribution in [2.75, 3.05) is 18.1 Å². The number of amides is 1. The van der Waals surface area contributed by atoms with Gasteiger partial charge in [-0.25, -0.2) is 9.37 Å². The second-order valence-corrected chi connectivity index (χ2v) is 9.23. The summed E-state index contributed by atoms with van der Waals surface area (Å²) in [5.74, 6) is 0.835. The van der Waals surface area contributed by atoms with Crippen molar-refractivity contribution in [1.29, 1.82) is 0 Å². The lowest BCUT2D eigenvalue weighted by Crippen LogP contribution is -2.26. The first-order chi connectivity index (χ1) is 16.9. The Morgan fingerprint density at radius 1 is 1.17 bits per heavy atom. The van der Waals surface area contributed by atoms with E-state index in [1.165, 1.54) is 12.1 Å². The van der Waals surface area contributed by atoms with Crippen LogP contribution in [0.4, 0.5) is 10.1 Å². The predicted molar refractivity (Wildman–Crippen MR) is 134 cm³/mol. The Bertz CT molecular complexity index is 1370. The molecule has 1 aliphatic heterocycles. The first-order valence-corrected chi connectivity index (χ1v) is 11.8. The van der Waals surface area contributed by atoms with Gasteiger partial charge in [0.1, 0.15) is 30.1 Å². The van der Waals surface area contributed by atoms with E-state index in [0.717, 1.165) is 22.4 Å². The third-order valence-electron chi connectivity index (χ3n) is 6.28. The normalized spacial score (nSPS) is 16.7. The molecule has 35 heavy (non-hydrogen) atoms. The van der Waals surface area contributed by atoms with Crippen LogP contribution in [0.1, 0.15) is 23.7 Å². The summed E-state index contributed by atoms with van der Waals surface area (Å²) in [7, 11) is 0. The topological polar surface area (TPSA) is 67.6 Å². The fourth-order valence-electron chi connectivity index (χ4n) is 4.51. The number of hydrogen-bond acceptors (Lipinski definition) is 4. The molecular weight excluding hydrogens is 469 g/mol. The molecule has 2 atom stereocenters. The van der Waals surface area contributed by atoms with Gasteiger partial charge in [-0.2, -0.15) is 0 Å². The Labute approximate surface area is 207 Å². The zero-order valence-corrected chi connectivity index (χ0v) is 20.0. The summed E-state index contributed by atoms with van der Waals surface area (Å²) in [5.41, 5.74) is 3.25. The minimum absolute atomic E-state index is 0.0396. The lowest BCUT2D eigenvalue weighted by atomic mass is 10.1. The van der Waals surface area contributed by atoms with Gasteiger partial charge in [-0.1, -0.05) is 23.7 Å². The molecule has 0 saturated carbocycles. The maximum atomic E-state index is 13.4. The molecule has 1 aliphatic rings. The van der Waals surface area contributed by atoms with Gasteiger partial charge in [0, 0.05) is 29.6 Å². The van der Waals surface area contributed by atoms with Gasteiger partial charge in [0.15, 0.2) is 0 Å². The van der Waals surface area contributed by atoms with Gasteiger partial charge < -0.3 is 19.3 Å². The maximum absolute atomic E-state index is 13.4. The first-order valence-electron chi connectivity index (χ1n) is 11.5. The SMILES string of the molecule is Cc1cc(OCC(O)Cn2c(C3CC(=O)N(c4ccc(F)cc4)C3)nc3ccccc32)ccc1Cl. The number of aliphatic hydroxyl groups excluding tert-OH is 1. The van der Waals surface area contributed by atoms with E-state index in [4.69, 9.17) is 21.3 Å². The highest BCUT2D eigenvalue weighted by molar-refractivity contribution is 6.31. The standard InChI is InChI=1S/C27H25ClFN3O3/c1-17-12-22(10-11-23(17)28)35-16-21(33)15-32-25-5-3-2-4-24(25)30-27(32)18-13-26(34)31(14-18)20-8-6-19(29)7-9-20/h2-12,18,21,33H,13-16H2,1H3. The first kappa shape index (κ1) is 23.3. The van der Waals surface area contributed by atoms with E-state index in [0.29, 0.717) is 23.0 Å². The Morgan fingerprint density at radius 2 is 1.94 bits per heavy atom. The number of carbonyl (C=O) groups is 1. The van der Waals surface area contributed by atoms with E-state index in [1.54, 1.807) is 29.2 Å². The average molecular weight is 494 g/mol. The molecule has 1 saturated heterocycles. The van der Waals surface area contributed by atoms with Gasteiger partial charge in [-0.3, -0.25) is 4.79 Å². The number of aryl methyl sites for hydroxylation is 1. The summed E-state index contributed by atoms with van der Waals surface area (Å²) in [6.07, 6.45) is -0.509. The maximum Gasteiger partial charge on any atom is 0.227 e. The number of nitrogens with zero attached hydrogens (tertiary/aromatic N) is 3. The van der Waals surface area contributed by atoms with Crippen LogP contribution in [0.3, 0.4) is 0 Å². The summed E-state index contributed by atoms with van der Waals surface area (Å²) in [5, 5.41) is 11.5. The number of aliphatic hydroxyl groups is 1. The van der Waals surface area contributed by atoms with Crippen molar-refractivity contribution in [3.8, 4) is 5.75 Å². The van der Waals surface area contributed by atoms with Crippen LogP contribution in [0, 0.1) is 12.7 Å². The Balaban J connectivity index is 1.37. The number of para-hydroxylation sites is 2. The minimum atomic E-state index is -0.798. The predicted octanol–water partition coefficient (Wildman–Crippen LogP) is 5.10. The Morgan fingerprint density at radius 3 is 2.71 bits per heavy atom. The molecule has 6 nitrogen and oxygen atoms in total. The molecule has 0 aliphatic carbocycles. The number of benzene rings is 3. The number of hydrogen-bond donors (Lipinski definition) is 1. The van der Waals surface area contributed by atoms with Crippen molar-refractivity contribution >= 4 is 34.2 Å². The molecule has 1 N–H and O–H groups in total. The van der Waals surface area contributed by atoms with Gasteiger partial charge in [-0.05, 0) is 67.1 Å². The van der Waals surface area contributed by atoms with Gasteiger partial charge >= 0.3 is 0 Å². The molecule has 8 heteroatoms. The molecule has 0 spiro atoms. The molecule has 2 heterocycles. The molecule has 1 amide bonds. The van der Waals surface area contributed by atoms with Gasteiger partial charge in [0.05, 0.1) is 17.6 Å². The summed E-state index contributed by atoms with van der Waals surface area (Å²) in [4.78, 5) is 19.3. The van der Waals surface area contributed by atoms with Crippen molar-refractivity contribution in [2.45, 2.75) is 31.9 Å². The number of imidazole rings is 1. The van der Waals surface area contributed by atoms with Crippen molar-refractivity contribution in [3.05, 3.63) is 89.0 Å². The van der Waals surface area contributed by atoms with Crippen LogP contribution in [-0.4, -0.2) is 39.8 Å². The molecule has 2 unspecified atom stereocenters. The van der Waals surface area contributed by atoms with Crippen molar-refractivity contribution in [1.82, 2.24) is 9.55 Å². The Kier molecular flexibility index (Phi) is 6.45. The fourth-order valence-corrected chi connectivity index (χ4v) is 4.63. The molecular formula is C27H25ClFN3O3. The van der Waals surface area contributed by atoms with Crippen molar-refractivity contribution in [2.24, 2.45) is 0 Å². The number of anilines is 1. The molecule has 0 radical (unpaired) electrons. The van der Waals surface area contributed by atoms with Crippen molar-refractivity contribution < 1.29 is 19.0 Å². The lowest BCUT2D eigenvalue weighted by Gasteiger charge is -2.19. The highest BCUT2D eigenvalue weighted by atomic mass is 35.5. The quantitative estimate of drug-likeness (QED) is 0.389. The number of carbonyl (C=O) groups excluding carboxylic acids is 1. The summed E-state index contributed by atoms with van der Waals surface area (Å²) in [6.45, 7) is 2.69. The van der Waals surface area contributed by atoms with Gasteiger partial charge in [0.25, 0.3) is 0 Å². The minimum Gasteiger partial charge on any atom is -0.491 e.